The number of halogens is 3. The normalized spacial score (nSPS) is 11.6. The van der Waals surface area contributed by atoms with Crippen molar-refractivity contribution in [1.82, 2.24) is 9.78 Å². The topological polar surface area (TPSA) is 47.2 Å². The van der Waals surface area contributed by atoms with Crippen LogP contribution in [0, 0.1) is 0 Å². The second-order valence-corrected chi connectivity index (χ2v) is 7.34. The van der Waals surface area contributed by atoms with Crippen molar-refractivity contribution in [3.8, 4) is 0 Å². The minimum atomic E-state index is -4.52. The van der Waals surface area contributed by atoms with Crippen LogP contribution in [-0.4, -0.2) is 21.7 Å². The molecule has 0 saturated heterocycles. The molecule has 29 heavy (non-hydrogen) atoms. The van der Waals surface area contributed by atoms with E-state index in [-0.39, 0.29) is 5.39 Å². The molecule has 4 aromatic rings. The number of fused-ring (bicyclic) bond motifs is 1. The summed E-state index contributed by atoms with van der Waals surface area (Å²) in [6, 6.07) is 20.6. The van der Waals surface area contributed by atoms with E-state index in [9.17, 15) is 18.0 Å². The fourth-order valence-corrected chi connectivity index (χ4v) is 3.80. The smallest absolute Gasteiger partial charge is 0.267 e. The van der Waals surface area contributed by atoms with Gasteiger partial charge in [-0.1, -0.05) is 60.7 Å². The van der Waals surface area contributed by atoms with Gasteiger partial charge in [0, 0.05) is 11.1 Å². The summed E-state index contributed by atoms with van der Waals surface area (Å²) < 4.78 is 38.9. The zero-order valence-electron chi connectivity index (χ0n) is 14.9. The van der Waals surface area contributed by atoms with Gasteiger partial charge >= 0.3 is 6.18 Å². The Bertz CT molecular complexity index is 1190. The highest BCUT2D eigenvalue weighted by atomic mass is 32.1. The van der Waals surface area contributed by atoms with E-state index in [4.69, 9.17) is 4.99 Å². The zero-order valence-corrected chi connectivity index (χ0v) is 15.7. The Labute approximate surface area is 167 Å². The Hall–Kier alpha value is -3.26. The fourth-order valence-electron chi connectivity index (χ4n) is 2.90. The maximum Gasteiger partial charge on any atom is 0.408 e. The SMILES string of the molecule is O=c1c2cc(N=C(c3ccccc3)c3ccccc3)sc2cnn1CC(F)(F)F. The van der Waals surface area contributed by atoms with Crippen molar-refractivity contribution in [2.45, 2.75) is 12.7 Å². The minimum Gasteiger partial charge on any atom is -0.267 e. The third kappa shape index (κ3) is 4.27. The number of benzene rings is 2. The Balaban J connectivity index is 1.83. The van der Waals surface area contributed by atoms with Crippen LogP contribution < -0.4 is 5.56 Å². The zero-order chi connectivity index (χ0) is 20.4. The first kappa shape index (κ1) is 19.1. The van der Waals surface area contributed by atoms with Gasteiger partial charge in [0.25, 0.3) is 5.56 Å². The number of nitrogens with zero attached hydrogens (tertiary/aromatic N) is 3. The van der Waals surface area contributed by atoms with Crippen LogP contribution in [0.5, 0.6) is 0 Å². The average molecular weight is 413 g/mol. The van der Waals surface area contributed by atoms with Gasteiger partial charge in [0.2, 0.25) is 0 Å². The highest BCUT2D eigenvalue weighted by Gasteiger charge is 2.29. The van der Waals surface area contributed by atoms with Gasteiger partial charge in [-0.3, -0.25) is 4.79 Å². The molecular formula is C21H14F3N3OS. The van der Waals surface area contributed by atoms with Gasteiger partial charge in [0.1, 0.15) is 11.5 Å². The van der Waals surface area contributed by atoms with E-state index in [0.717, 1.165) is 11.1 Å². The van der Waals surface area contributed by atoms with Gasteiger partial charge in [0.05, 0.1) is 22.0 Å². The monoisotopic (exact) mass is 413 g/mol. The Morgan fingerprint density at radius 1 is 1.00 bits per heavy atom. The first-order chi connectivity index (χ1) is 13.9. The molecule has 0 N–H and O–H groups in total. The molecule has 0 aliphatic heterocycles. The van der Waals surface area contributed by atoms with Crippen molar-refractivity contribution >= 4 is 32.1 Å². The lowest BCUT2D eigenvalue weighted by Gasteiger charge is -2.07. The number of aromatic nitrogens is 2. The van der Waals surface area contributed by atoms with Crippen LogP contribution in [0.25, 0.3) is 10.1 Å². The summed E-state index contributed by atoms with van der Waals surface area (Å²) >= 11 is 1.21. The van der Waals surface area contributed by atoms with Gasteiger partial charge in [0.15, 0.2) is 0 Å². The van der Waals surface area contributed by atoms with Crippen LogP contribution in [-0.2, 0) is 6.54 Å². The molecule has 2 heterocycles. The number of alkyl halides is 3. The molecule has 0 unspecified atom stereocenters. The summed E-state index contributed by atoms with van der Waals surface area (Å²) in [5.41, 5.74) is 1.72. The quantitative estimate of drug-likeness (QED) is 0.432. The van der Waals surface area contributed by atoms with E-state index in [1.165, 1.54) is 23.6 Å². The number of hydrogen-bond acceptors (Lipinski definition) is 4. The number of rotatable bonds is 4. The largest absolute Gasteiger partial charge is 0.408 e. The first-order valence-corrected chi connectivity index (χ1v) is 9.48. The molecule has 0 spiro atoms. The van der Waals surface area contributed by atoms with Crippen LogP contribution in [0.3, 0.4) is 0 Å². The van der Waals surface area contributed by atoms with Crippen molar-refractivity contribution in [3.05, 3.63) is 94.4 Å². The molecule has 8 heteroatoms. The fraction of sp³-hybridized carbons (Fsp3) is 0.0952. The Morgan fingerprint density at radius 2 is 1.59 bits per heavy atom. The van der Waals surface area contributed by atoms with Gasteiger partial charge in [-0.15, -0.1) is 11.3 Å². The summed E-state index contributed by atoms with van der Waals surface area (Å²) in [7, 11) is 0. The van der Waals surface area contributed by atoms with Crippen molar-refractivity contribution in [1.29, 1.82) is 0 Å². The summed E-state index contributed by atoms with van der Waals surface area (Å²) in [6.45, 7) is -1.42. The predicted molar refractivity (Wildman–Crippen MR) is 108 cm³/mol. The van der Waals surface area contributed by atoms with E-state index in [2.05, 4.69) is 5.10 Å². The standard InChI is InChI=1S/C21H14F3N3OS/c22-21(23,24)13-27-20(28)16-11-18(29-17(16)12-25-27)26-19(14-7-3-1-4-8-14)15-9-5-2-6-10-15/h1-12H,13H2. The molecule has 0 aliphatic carbocycles. The maximum atomic E-state index is 12.7. The molecule has 2 aromatic carbocycles. The van der Waals surface area contributed by atoms with Crippen LogP contribution in [0.2, 0.25) is 0 Å². The van der Waals surface area contributed by atoms with Gasteiger partial charge < -0.3 is 0 Å². The molecule has 0 atom stereocenters. The highest BCUT2D eigenvalue weighted by Crippen LogP contribution is 2.31. The molecule has 0 radical (unpaired) electrons. The summed E-state index contributed by atoms with van der Waals surface area (Å²) in [4.78, 5) is 17.1. The molecule has 0 saturated carbocycles. The summed E-state index contributed by atoms with van der Waals surface area (Å²) in [6.07, 6.45) is -3.24. The van der Waals surface area contributed by atoms with E-state index < -0.39 is 18.3 Å². The molecule has 2 aromatic heterocycles. The number of aliphatic imine (C=N–C) groups is 1. The third-order valence-electron chi connectivity index (χ3n) is 4.17. The van der Waals surface area contributed by atoms with Gasteiger partial charge in [-0.2, -0.15) is 18.3 Å². The molecule has 0 fully saturated rings. The maximum absolute atomic E-state index is 12.7. The Morgan fingerprint density at radius 3 is 2.14 bits per heavy atom. The lowest BCUT2D eigenvalue weighted by Crippen LogP contribution is -2.29. The van der Waals surface area contributed by atoms with E-state index >= 15 is 0 Å². The second kappa shape index (κ2) is 7.63. The molecule has 0 amide bonds. The van der Waals surface area contributed by atoms with Crippen molar-refractivity contribution in [2.24, 2.45) is 4.99 Å². The number of hydrogen-bond donors (Lipinski definition) is 0. The molecule has 4 rings (SSSR count). The number of thiophene rings is 1. The summed E-state index contributed by atoms with van der Waals surface area (Å²) in [5.74, 6) is 0. The van der Waals surface area contributed by atoms with Crippen LogP contribution in [0.1, 0.15) is 11.1 Å². The second-order valence-electron chi connectivity index (χ2n) is 6.28. The molecule has 4 nitrogen and oxygen atoms in total. The predicted octanol–water partition coefficient (Wildman–Crippen LogP) is 5.19. The van der Waals surface area contributed by atoms with Gasteiger partial charge in [-0.25, -0.2) is 9.67 Å². The third-order valence-corrected chi connectivity index (χ3v) is 5.14. The van der Waals surface area contributed by atoms with E-state index in [1.54, 1.807) is 0 Å². The molecule has 0 aliphatic rings. The molecular weight excluding hydrogens is 399 g/mol. The molecule has 146 valence electrons. The van der Waals surface area contributed by atoms with Gasteiger partial charge in [-0.05, 0) is 6.07 Å². The lowest BCUT2D eigenvalue weighted by molar-refractivity contribution is -0.143. The van der Waals surface area contributed by atoms with Crippen molar-refractivity contribution < 1.29 is 13.2 Å². The van der Waals surface area contributed by atoms with Crippen molar-refractivity contribution in [2.75, 3.05) is 0 Å². The first-order valence-electron chi connectivity index (χ1n) is 8.67. The van der Waals surface area contributed by atoms with Crippen molar-refractivity contribution in [3.63, 3.8) is 0 Å². The van der Waals surface area contributed by atoms with Crippen LogP contribution in [0.15, 0.2) is 82.7 Å². The van der Waals surface area contributed by atoms with Crippen LogP contribution in [0.4, 0.5) is 18.2 Å². The van der Waals surface area contributed by atoms with E-state index in [1.807, 2.05) is 60.7 Å². The highest BCUT2D eigenvalue weighted by molar-refractivity contribution is 7.22. The lowest BCUT2D eigenvalue weighted by atomic mass is 10.0. The van der Waals surface area contributed by atoms with Crippen LogP contribution >= 0.6 is 11.3 Å². The molecule has 0 bridgehead atoms. The Kier molecular flexibility index (Phi) is 5.02. The average Bonchev–Trinajstić information content (AvgIpc) is 3.12. The minimum absolute atomic E-state index is 0.175. The van der Waals surface area contributed by atoms with E-state index in [0.29, 0.717) is 20.1 Å². The summed E-state index contributed by atoms with van der Waals surface area (Å²) in [5, 5.41) is 4.34.